The van der Waals surface area contributed by atoms with E-state index in [1.165, 1.54) is 0 Å². The summed E-state index contributed by atoms with van der Waals surface area (Å²) >= 11 is 0. The Morgan fingerprint density at radius 3 is 0.455 bits per heavy atom. The molecule has 0 aromatic rings. The minimum Gasteiger partial charge on any atom is -0.418 e. The summed E-state index contributed by atoms with van der Waals surface area (Å²) in [4.78, 5) is 0. The molecule has 11 heavy (non-hydrogen) atoms. The SMILES string of the molecule is F[B-](F)(F)F.F[B-](F)(F)F.[Ra+2]. The average Bonchev–Trinajstić information content (AvgIpc) is 1.12. The van der Waals surface area contributed by atoms with Gasteiger partial charge in [-0.15, -0.1) is 0 Å². The second kappa shape index (κ2) is 6.54. The van der Waals surface area contributed by atoms with Gasteiger partial charge in [0, 0.05) is 0 Å². The Balaban J connectivity index is -0.000000107. The zero-order valence-corrected chi connectivity index (χ0v) is 10.7. The molecule has 0 rings (SSSR count). The van der Waals surface area contributed by atoms with Crippen molar-refractivity contribution in [2.24, 2.45) is 0 Å². The molecule has 0 aromatic carbocycles. The molecule has 0 aromatic heterocycles. The van der Waals surface area contributed by atoms with Crippen LogP contribution in [0, 0.1) is 45.0 Å². The van der Waals surface area contributed by atoms with Crippen molar-refractivity contribution in [3.05, 3.63) is 0 Å². The topological polar surface area (TPSA) is 0 Å². The van der Waals surface area contributed by atoms with Crippen LogP contribution in [0.1, 0.15) is 0 Å². The van der Waals surface area contributed by atoms with E-state index in [4.69, 9.17) is 0 Å². The molecule has 0 N–H and O–H groups in total. The van der Waals surface area contributed by atoms with Gasteiger partial charge in [-0.25, -0.2) is 0 Å². The predicted octanol–water partition coefficient (Wildman–Crippen LogP) is 2.60. The first-order valence-corrected chi connectivity index (χ1v) is 1.75. The standard InChI is InChI=1S/2BF4.Ra/c2*2-1(3,4)5;/q2*-1;+2. The summed E-state index contributed by atoms with van der Waals surface area (Å²) in [5, 5.41) is 0. The first-order valence-electron chi connectivity index (χ1n) is 1.75. The van der Waals surface area contributed by atoms with Crippen LogP contribution in [0.3, 0.4) is 0 Å². The number of halogens is 8. The second-order valence-electron chi connectivity index (χ2n) is 0.990. The smallest absolute Gasteiger partial charge is 0.418 e. The molecule has 0 aliphatic rings. The summed E-state index contributed by atoms with van der Waals surface area (Å²) in [6.45, 7) is 0. The maximum Gasteiger partial charge on any atom is 2.00 e. The average molecular weight is 400 g/mol. The molecule has 0 saturated carbocycles. The molecule has 0 heterocycles. The van der Waals surface area contributed by atoms with Crippen LogP contribution in [0.15, 0.2) is 0 Å². The molecule has 0 spiro atoms. The third-order valence-corrected chi connectivity index (χ3v) is 0. The summed E-state index contributed by atoms with van der Waals surface area (Å²) in [7, 11) is -12.0. The Bertz CT molecular complexity index is 55.1. The molecular formula is B2F8Ra. The van der Waals surface area contributed by atoms with E-state index in [1.54, 1.807) is 0 Å². The Morgan fingerprint density at radius 2 is 0.455 bits per heavy atom. The summed E-state index contributed by atoms with van der Waals surface area (Å²) in [5.74, 6) is 0. The van der Waals surface area contributed by atoms with Gasteiger partial charge >= 0.3 is 59.5 Å². The summed E-state index contributed by atoms with van der Waals surface area (Å²) in [6, 6.07) is 0. The Labute approximate surface area is 93.4 Å². The molecular weight excluding hydrogens is 400 g/mol. The molecule has 0 bridgehead atoms. The van der Waals surface area contributed by atoms with Gasteiger partial charge in [0.25, 0.3) is 0 Å². The summed E-state index contributed by atoms with van der Waals surface area (Å²) in [5.41, 5.74) is 0. The van der Waals surface area contributed by atoms with Crippen LogP contribution in [0.4, 0.5) is 34.5 Å². The van der Waals surface area contributed by atoms with Gasteiger partial charge in [-0.3, -0.25) is 0 Å². The zero-order valence-electron chi connectivity index (χ0n) is 4.89. The van der Waals surface area contributed by atoms with Gasteiger partial charge in [0.15, 0.2) is 0 Å². The summed E-state index contributed by atoms with van der Waals surface area (Å²) < 4.78 is 78.0. The van der Waals surface area contributed by atoms with Crippen molar-refractivity contribution in [2.45, 2.75) is 0 Å². The van der Waals surface area contributed by atoms with Crippen molar-refractivity contribution in [1.82, 2.24) is 0 Å². The van der Waals surface area contributed by atoms with E-state index >= 15 is 0 Å². The van der Waals surface area contributed by atoms with Gasteiger partial charge in [0.2, 0.25) is 0 Å². The molecule has 0 saturated heterocycles. The van der Waals surface area contributed by atoms with E-state index in [0.29, 0.717) is 0 Å². The number of hydrogen-bond donors (Lipinski definition) is 0. The van der Waals surface area contributed by atoms with Crippen molar-refractivity contribution in [1.29, 1.82) is 0 Å². The van der Waals surface area contributed by atoms with Crippen LogP contribution in [-0.2, 0) is 0 Å². The van der Waals surface area contributed by atoms with Crippen LogP contribution < -0.4 is 0 Å². The van der Waals surface area contributed by atoms with Crippen LogP contribution in [0.2, 0.25) is 0 Å². The van der Waals surface area contributed by atoms with Gasteiger partial charge in [0.05, 0.1) is 0 Å². The van der Waals surface area contributed by atoms with Gasteiger partial charge < -0.3 is 34.5 Å². The fourth-order valence-electron chi connectivity index (χ4n) is 0. The molecule has 0 nitrogen and oxygen atoms in total. The minimum absolute atomic E-state index is 0. The second-order valence-corrected chi connectivity index (χ2v) is 0.990. The molecule has 0 aliphatic heterocycles. The minimum atomic E-state index is -6.00. The third kappa shape index (κ3) is 838. The fourth-order valence-corrected chi connectivity index (χ4v) is 0. The normalized spacial score (nSPS) is 10.9. The first kappa shape index (κ1) is 18.0. The molecule has 0 radical (unpaired) electrons. The Hall–Kier alpha value is 1.04. The zero-order chi connectivity index (χ0) is 9.00. The van der Waals surface area contributed by atoms with E-state index in [1.807, 2.05) is 0 Å². The van der Waals surface area contributed by atoms with Crippen molar-refractivity contribution in [2.75, 3.05) is 0 Å². The van der Waals surface area contributed by atoms with E-state index in [2.05, 4.69) is 0 Å². The summed E-state index contributed by atoms with van der Waals surface area (Å²) in [6.07, 6.45) is 0. The quantitative estimate of drug-likeness (QED) is 0.434. The van der Waals surface area contributed by atoms with E-state index in [0.717, 1.165) is 0 Å². The van der Waals surface area contributed by atoms with Crippen molar-refractivity contribution >= 4 is 14.5 Å². The molecule has 0 amide bonds. The van der Waals surface area contributed by atoms with Crippen molar-refractivity contribution in [3.8, 4) is 0 Å². The fraction of sp³-hybridized carbons (Fsp3) is 0. The molecule has 64 valence electrons. The maximum atomic E-state index is 9.75. The number of hydrogen-bond acceptors (Lipinski definition) is 0. The maximum absolute atomic E-state index is 9.75. The first-order chi connectivity index (χ1) is 4.00. The molecule has 0 unspecified atom stereocenters. The van der Waals surface area contributed by atoms with Crippen LogP contribution in [0.25, 0.3) is 0 Å². The molecule has 0 atom stereocenters. The molecule has 0 fully saturated rings. The van der Waals surface area contributed by atoms with Crippen LogP contribution in [-0.4, -0.2) is 14.5 Å². The van der Waals surface area contributed by atoms with Gasteiger partial charge in [-0.2, -0.15) is 0 Å². The van der Waals surface area contributed by atoms with Gasteiger partial charge in [-0.05, 0) is 0 Å². The van der Waals surface area contributed by atoms with Crippen LogP contribution >= 0.6 is 0 Å². The van der Waals surface area contributed by atoms with E-state index in [-0.39, 0.29) is 45.0 Å². The molecule has 0 aliphatic carbocycles. The third-order valence-electron chi connectivity index (χ3n) is 0. The van der Waals surface area contributed by atoms with Crippen LogP contribution in [0.5, 0.6) is 0 Å². The Morgan fingerprint density at radius 1 is 0.455 bits per heavy atom. The Kier molecular flexibility index (Phi) is 10.7. The predicted molar refractivity (Wildman–Crippen MR) is 20.4 cm³/mol. The largest absolute Gasteiger partial charge is 2.00 e. The van der Waals surface area contributed by atoms with E-state index in [9.17, 15) is 34.5 Å². The number of rotatable bonds is 0. The van der Waals surface area contributed by atoms with E-state index < -0.39 is 14.5 Å². The van der Waals surface area contributed by atoms with Gasteiger partial charge in [-0.1, -0.05) is 0 Å². The van der Waals surface area contributed by atoms with Crippen molar-refractivity contribution < 1.29 is 79.5 Å². The van der Waals surface area contributed by atoms with Crippen molar-refractivity contribution in [3.63, 3.8) is 0 Å². The van der Waals surface area contributed by atoms with Gasteiger partial charge in [0.1, 0.15) is 0 Å². The molecule has 11 heteroatoms. The monoisotopic (exact) mass is 400 g/mol.